The monoisotopic (exact) mass is 276 g/mol. The van der Waals surface area contributed by atoms with Gasteiger partial charge in [-0.2, -0.15) is 0 Å². The molecule has 4 heteroatoms. The third-order valence-electron chi connectivity index (χ3n) is 4.55. The van der Waals surface area contributed by atoms with E-state index >= 15 is 0 Å². The van der Waals surface area contributed by atoms with Gasteiger partial charge in [-0.25, -0.2) is 0 Å². The van der Waals surface area contributed by atoms with Crippen molar-refractivity contribution in [3.05, 3.63) is 29.3 Å². The lowest BCUT2D eigenvalue weighted by atomic mass is 10.1. The molecule has 0 radical (unpaired) electrons. The quantitative estimate of drug-likeness (QED) is 0.909. The number of morpholine rings is 1. The molecule has 20 heavy (non-hydrogen) atoms. The number of ether oxygens (including phenoxy) is 2. The van der Waals surface area contributed by atoms with E-state index in [-0.39, 0.29) is 0 Å². The van der Waals surface area contributed by atoms with E-state index in [4.69, 9.17) is 9.47 Å². The van der Waals surface area contributed by atoms with Crippen molar-refractivity contribution in [3.8, 4) is 5.75 Å². The maximum atomic E-state index is 5.67. The fourth-order valence-electron chi connectivity index (χ4n) is 3.56. The highest BCUT2D eigenvalue weighted by atomic mass is 16.5. The molecule has 3 rings (SSSR count). The van der Waals surface area contributed by atoms with Crippen molar-refractivity contribution in [1.29, 1.82) is 0 Å². The highest BCUT2D eigenvalue weighted by molar-refractivity contribution is 5.42. The minimum Gasteiger partial charge on any atom is -0.497 e. The lowest BCUT2D eigenvalue weighted by Gasteiger charge is -2.38. The number of fused-ring (bicyclic) bond motifs is 1. The molecule has 1 aliphatic heterocycles. The average Bonchev–Trinajstić information content (AvgIpc) is 2.84. The van der Waals surface area contributed by atoms with Crippen LogP contribution in [-0.4, -0.2) is 50.9 Å². The van der Waals surface area contributed by atoms with E-state index in [0.717, 1.165) is 31.9 Å². The first kappa shape index (κ1) is 13.9. The lowest BCUT2D eigenvalue weighted by Crippen LogP contribution is -2.50. The Morgan fingerprint density at radius 1 is 1.40 bits per heavy atom. The average molecular weight is 276 g/mol. The van der Waals surface area contributed by atoms with Gasteiger partial charge in [0.1, 0.15) is 5.75 Å². The van der Waals surface area contributed by atoms with Crippen LogP contribution < -0.4 is 10.1 Å². The van der Waals surface area contributed by atoms with Crippen LogP contribution in [0.3, 0.4) is 0 Å². The van der Waals surface area contributed by atoms with Crippen molar-refractivity contribution in [2.24, 2.45) is 0 Å². The van der Waals surface area contributed by atoms with Gasteiger partial charge in [-0.15, -0.1) is 0 Å². The molecule has 1 fully saturated rings. The van der Waals surface area contributed by atoms with E-state index in [1.807, 2.05) is 0 Å². The van der Waals surface area contributed by atoms with Gasteiger partial charge in [0.15, 0.2) is 0 Å². The van der Waals surface area contributed by atoms with Gasteiger partial charge in [0.05, 0.1) is 19.8 Å². The number of rotatable bonds is 3. The van der Waals surface area contributed by atoms with E-state index in [0.29, 0.717) is 18.2 Å². The van der Waals surface area contributed by atoms with Crippen molar-refractivity contribution in [3.63, 3.8) is 0 Å². The maximum absolute atomic E-state index is 5.67. The van der Waals surface area contributed by atoms with Crippen LogP contribution in [0.4, 0.5) is 0 Å². The molecular weight excluding hydrogens is 252 g/mol. The van der Waals surface area contributed by atoms with Gasteiger partial charge >= 0.3 is 0 Å². The number of nitrogens with one attached hydrogen (secondary N) is 1. The second kappa shape index (κ2) is 5.72. The van der Waals surface area contributed by atoms with E-state index in [1.165, 1.54) is 11.1 Å². The highest BCUT2D eigenvalue weighted by Crippen LogP contribution is 2.37. The van der Waals surface area contributed by atoms with Crippen molar-refractivity contribution >= 4 is 0 Å². The smallest absolute Gasteiger partial charge is 0.119 e. The molecule has 3 unspecified atom stereocenters. The molecule has 0 bridgehead atoms. The SMILES string of the molecule is CNC1c2cc(OC)ccc2CC1N1CCOC(C)C1. The minimum absolute atomic E-state index is 0.333. The molecule has 0 spiro atoms. The molecule has 3 atom stereocenters. The van der Waals surface area contributed by atoms with Gasteiger partial charge in [0.25, 0.3) is 0 Å². The normalized spacial score (nSPS) is 30.2. The first-order chi connectivity index (χ1) is 9.72. The van der Waals surface area contributed by atoms with E-state index in [1.54, 1.807) is 7.11 Å². The van der Waals surface area contributed by atoms with Gasteiger partial charge in [-0.1, -0.05) is 6.07 Å². The first-order valence-electron chi connectivity index (χ1n) is 7.42. The summed E-state index contributed by atoms with van der Waals surface area (Å²) >= 11 is 0. The van der Waals surface area contributed by atoms with Crippen molar-refractivity contribution < 1.29 is 9.47 Å². The fourth-order valence-corrected chi connectivity index (χ4v) is 3.56. The number of hydrogen-bond donors (Lipinski definition) is 1. The summed E-state index contributed by atoms with van der Waals surface area (Å²) < 4.78 is 11.0. The second-order valence-corrected chi connectivity index (χ2v) is 5.78. The van der Waals surface area contributed by atoms with Gasteiger partial charge < -0.3 is 14.8 Å². The van der Waals surface area contributed by atoms with Crippen LogP contribution in [0.15, 0.2) is 18.2 Å². The van der Waals surface area contributed by atoms with Crippen LogP contribution in [0.25, 0.3) is 0 Å². The standard InChI is InChI=1S/C16H24N2O2/c1-11-10-18(6-7-20-11)15-8-12-4-5-13(19-3)9-14(12)16(15)17-2/h4-5,9,11,15-17H,6-8,10H2,1-3H3. The highest BCUT2D eigenvalue weighted by Gasteiger charge is 2.37. The Morgan fingerprint density at radius 2 is 2.25 bits per heavy atom. The zero-order valence-electron chi connectivity index (χ0n) is 12.6. The third kappa shape index (κ3) is 2.43. The molecular formula is C16H24N2O2. The molecule has 1 aromatic carbocycles. The maximum Gasteiger partial charge on any atom is 0.119 e. The van der Waals surface area contributed by atoms with Gasteiger partial charge in [-0.3, -0.25) is 4.90 Å². The van der Waals surface area contributed by atoms with E-state index in [9.17, 15) is 0 Å². The van der Waals surface area contributed by atoms with Crippen LogP contribution in [0.1, 0.15) is 24.1 Å². The molecule has 0 aromatic heterocycles. The summed E-state index contributed by atoms with van der Waals surface area (Å²) in [6, 6.07) is 7.36. The van der Waals surface area contributed by atoms with Crippen LogP contribution >= 0.6 is 0 Å². The predicted octanol–water partition coefficient (Wildman–Crippen LogP) is 1.60. The first-order valence-corrected chi connectivity index (χ1v) is 7.42. The second-order valence-electron chi connectivity index (χ2n) is 5.78. The Hall–Kier alpha value is -1.10. The van der Waals surface area contributed by atoms with Crippen LogP contribution in [0, 0.1) is 0 Å². The Morgan fingerprint density at radius 3 is 2.95 bits per heavy atom. The van der Waals surface area contributed by atoms with Crippen LogP contribution in [-0.2, 0) is 11.2 Å². The number of nitrogens with zero attached hydrogens (tertiary/aromatic N) is 1. The van der Waals surface area contributed by atoms with Gasteiger partial charge in [0.2, 0.25) is 0 Å². The molecule has 2 aliphatic rings. The number of likely N-dealkylation sites (N-methyl/N-ethyl adjacent to an activating group) is 1. The summed E-state index contributed by atoms with van der Waals surface area (Å²) in [5.74, 6) is 0.944. The molecule has 110 valence electrons. The molecule has 1 heterocycles. The number of hydrogen-bond acceptors (Lipinski definition) is 4. The van der Waals surface area contributed by atoms with Crippen molar-refractivity contribution in [2.45, 2.75) is 31.5 Å². The summed E-state index contributed by atoms with van der Waals surface area (Å²) in [4.78, 5) is 2.57. The predicted molar refractivity (Wildman–Crippen MR) is 79.3 cm³/mol. The van der Waals surface area contributed by atoms with Gasteiger partial charge in [0, 0.05) is 25.2 Å². The molecule has 4 nitrogen and oxygen atoms in total. The molecule has 1 N–H and O–H groups in total. The Bertz CT molecular complexity index is 478. The van der Waals surface area contributed by atoms with Crippen molar-refractivity contribution in [2.75, 3.05) is 33.9 Å². The Kier molecular flexibility index (Phi) is 3.96. The molecule has 1 aromatic rings. The largest absolute Gasteiger partial charge is 0.497 e. The summed E-state index contributed by atoms with van der Waals surface area (Å²) in [6.07, 6.45) is 1.44. The Labute approximate surface area is 121 Å². The van der Waals surface area contributed by atoms with E-state index < -0.39 is 0 Å². The summed E-state index contributed by atoms with van der Waals surface area (Å²) in [6.45, 7) is 5.05. The lowest BCUT2D eigenvalue weighted by molar-refractivity contribution is -0.0375. The zero-order valence-corrected chi connectivity index (χ0v) is 12.6. The van der Waals surface area contributed by atoms with Crippen LogP contribution in [0.5, 0.6) is 5.75 Å². The van der Waals surface area contributed by atoms with Crippen molar-refractivity contribution in [1.82, 2.24) is 10.2 Å². The van der Waals surface area contributed by atoms with E-state index in [2.05, 4.69) is 42.4 Å². The number of benzene rings is 1. The summed E-state index contributed by atoms with van der Waals surface area (Å²) in [5, 5.41) is 3.50. The minimum atomic E-state index is 0.333. The third-order valence-corrected chi connectivity index (χ3v) is 4.55. The fraction of sp³-hybridized carbons (Fsp3) is 0.625. The van der Waals surface area contributed by atoms with Gasteiger partial charge in [-0.05, 0) is 43.7 Å². The Balaban J connectivity index is 1.84. The number of methoxy groups -OCH3 is 1. The summed E-state index contributed by atoms with van der Waals surface area (Å²) in [5.41, 5.74) is 2.82. The summed E-state index contributed by atoms with van der Waals surface area (Å²) in [7, 11) is 3.78. The molecule has 1 saturated heterocycles. The zero-order chi connectivity index (χ0) is 14.1. The topological polar surface area (TPSA) is 33.7 Å². The van der Waals surface area contributed by atoms with Crippen LogP contribution in [0.2, 0.25) is 0 Å². The molecule has 0 amide bonds. The molecule has 0 saturated carbocycles. The molecule has 1 aliphatic carbocycles.